The summed E-state index contributed by atoms with van der Waals surface area (Å²) in [4.78, 5) is 18.5. The lowest BCUT2D eigenvalue weighted by Gasteiger charge is -2.37. The number of anilines is 3. The average Bonchev–Trinajstić information content (AvgIpc) is 2.68. The number of alkyl halides is 3. The van der Waals surface area contributed by atoms with Crippen LogP contribution >= 0.6 is 0 Å². The standard InChI is InChI=1S/C22H25F3N4O2/c1-12-20-18(29(3)13(2)21(30)28-20)10-19(26-12)27-16-7-14(8-16)11-31-17-6-4-5-15(9-17)22(23,24)25/h4-6,9-10,13-14,16H,7-8,11H2,1-3H3,(H,26,27)(H,28,30)/t13-,14?,16?/m0/s1. The molecule has 4 rings (SSSR count). The fraction of sp³-hybridized carbons (Fsp3) is 0.455. The second-order valence-corrected chi connectivity index (χ2v) is 8.28. The SMILES string of the molecule is Cc1nc(NC2CC(COc3cccc(C(F)(F)F)c3)C2)cc2c1NC(=O)[C@H](C)N2C. The number of ether oxygens (including phenoxy) is 1. The maximum Gasteiger partial charge on any atom is 0.416 e. The predicted octanol–water partition coefficient (Wildman–Crippen LogP) is 4.46. The summed E-state index contributed by atoms with van der Waals surface area (Å²) in [6, 6.07) is 6.86. The van der Waals surface area contributed by atoms with Crippen molar-refractivity contribution < 1.29 is 22.7 Å². The van der Waals surface area contributed by atoms with E-state index in [4.69, 9.17) is 4.74 Å². The van der Waals surface area contributed by atoms with E-state index < -0.39 is 11.7 Å². The quantitative estimate of drug-likeness (QED) is 0.728. The van der Waals surface area contributed by atoms with Gasteiger partial charge in [-0.1, -0.05) is 6.07 Å². The van der Waals surface area contributed by atoms with Crippen LogP contribution in [0.4, 0.5) is 30.4 Å². The smallest absolute Gasteiger partial charge is 0.416 e. The highest BCUT2D eigenvalue weighted by Gasteiger charge is 2.33. The number of carbonyl (C=O) groups excluding carboxylic acids is 1. The number of amides is 1. The molecule has 1 fully saturated rings. The molecule has 31 heavy (non-hydrogen) atoms. The molecule has 166 valence electrons. The number of halogens is 3. The Morgan fingerprint density at radius 2 is 2.03 bits per heavy atom. The first-order valence-electron chi connectivity index (χ1n) is 10.2. The minimum atomic E-state index is -4.38. The molecule has 1 atom stereocenters. The van der Waals surface area contributed by atoms with Gasteiger partial charge < -0.3 is 20.3 Å². The van der Waals surface area contributed by atoms with Crippen molar-refractivity contribution in [2.24, 2.45) is 5.92 Å². The zero-order valence-corrected chi connectivity index (χ0v) is 17.6. The third kappa shape index (κ3) is 4.40. The largest absolute Gasteiger partial charge is 0.493 e. The Labute approximate surface area is 178 Å². The lowest BCUT2D eigenvalue weighted by atomic mass is 9.81. The molecule has 1 aliphatic carbocycles. The molecule has 0 unspecified atom stereocenters. The number of pyridine rings is 1. The maximum absolute atomic E-state index is 12.8. The molecule has 2 aromatic rings. The lowest BCUT2D eigenvalue weighted by molar-refractivity contribution is -0.137. The van der Waals surface area contributed by atoms with Gasteiger partial charge in [0.2, 0.25) is 5.91 Å². The number of hydrogen-bond acceptors (Lipinski definition) is 5. The van der Waals surface area contributed by atoms with E-state index in [9.17, 15) is 18.0 Å². The van der Waals surface area contributed by atoms with Crippen LogP contribution in [0.2, 0.25) is 0 Å². The highest BCUT2D eigenvalue weighted by molar-refractivity contribution is 6.04. The molecular weight excluding hydrogens is 409 g/mol. The lowest BCUT2D eigenvalue weighted by Crippen LogP contribution is -2.44. The molecule has 0 spiro atoms. The summed E-state index contributed by atoms with van der Waals surface area (Å²) >= 11 is 0. The van der Waals surface area contributed by atoms with Crippen LogP contribution in [0.25, 0.3) is 0 Å². The summed E-state index contributed by atoms with van der Waals surface area (Å²) in [5.74, 6) is 1.20. The van der Waals surface area contributed by atoms with Crippen molar-refractivity contribution in [1.29, 1.82) is 0 Å². The summed E-state index contributed by atoms with van der Waals surface area (Å²) in [6.07, 6.45) is -2.68. The van der Waals surface area contributed by atoms with E-state index in [1.165, 1.54) is 6.07 Å². The van der Waals surface area contributed by atoms with Crippen LogP contribution in [0.15, 0.2) is 30.3 Å². The topological polar surface area (TPSA) is 66.5 Å². The van der Waals surface area contributed by atoms with Crippen LogP contribution in [-0.4, -0.2) is 36.6 Å². The van der Waals surface area contributed by atoms with Crippen LogP contribution in [0, 0.1) is 12.8 Å². The van der Waals surface area contributed by atoms with E-state index in [0.29, 0.717) is 6.61 Å². The highest BCUT2D eigenvalue weighted by atomic mass is 19.4. The summed E-state index contributed by atoms with van der Waals surface area (Å²) in [5.41, 5.74) is 1.70. The van der Waals surface area contributed by atoms with Crippen molar-refractivity contribution in [3.05, 3.63) is 41.6 Å². The minimum Gasteiger partial charge on any atom is -0.493 e. The molecule has 1 aliphatic heterocycles. The molecule has 0 bridgehead atoms. The number of fused-ring (bicyclic) bond motifs is 1. The molecule has 2 heterocycles. The molecule has 1 saturated carbocycles. The van der Waals surface area contributed by atoms with Gasteiger partial charge in [-0.05, 0) is 50.8 Å². The average molecular weight is 434 g/mol. The number of hydrogen-bond donors (Lipinski definition) is 2. The number of carbonyl (C=O) groups is 1. The third-order valence-corrected chi connectivity index (χ3v) is 6.00. The number of rotatable bonds is 5. The van der Waals surface area contributed by atoms with Gasteiger partial charge in [-0.15, -0.1) is 0 Å². The van der Waals surface area contributed by atoms with E-state index >= 15 is 0 Å². The van der Waals surface area contributed by atoms with Crippen LogP contribution in [0.5, 0.6) is 5.75 Å². The Bertz CT molecular complexity index is 989. The number of likely N-dealkylation sites (N-methyl/N-ethyl adjacent to an activating group) is 1. The van der Waals surface area contributed by atoms with Crippen molar-refractivity contribution in [2.45, 2.75) is 44.9 Å². The Kier molecular flexibility index (Phi) is 5.45. The van der Waals surface area contributed by atoms with Crippen molar-refractivity contribution >= 4 is 23.1 Å². The molecular formula is C22H25F3N4O2. The number of nitrogens with one attached hydrogen (secondary N) is 2. The van der Waals surface area contributed by atoms with E-state index in [1.54, 1.807) is 6.07 Å². The van der Waals surface area contributed by atoms with Crippen LogP contribution in [0.3, 0.4) is 0 Å². The fourth-order valence-electron chi connectivity index (χ4n) is 3.95. The molecule has 0 radical (unpaired) electrons. The van der Waals surface area contributed by atoms with Crippen molar-refractivity contribution in [3.8, 4) is 5.75 Å². The van der Waals surface area contributed by atoms with Gasteiger partial charge in [0.25, 0.3) is 0 Å². The van der Waals surface area contributed by atoms with Gasteiger partial charge in [0.05, 0.1) is 29.2 Å². The van der Waals surface area contributed by atoms with E-state index in [2.05, 4.69) is 15.6 Å². The van der Waals surface area contributed by atoms with Gasteiger partial charge in [0.15, 0.2) is 0 Å². The van der Waals surface area contributed by atoms with Gasteiger partial charge in [-0.25, -0.2) is 4.98 Å². The van der Waals surface area contributed by atoms with E-state index in [1.807, 2.05) is 31.9 Å². The van der Waals surface area contributed by atoms with E-state index in [0.717, 1.165) is 47.9 Å². The van der Waals surface area contributed by atoms with Gasteiger partial charge in [-0.3, -0.25) is 4.79 Å². The number of nitrogens with zero attached hydrogens (tertiary/aromatic N) is 2. The second-order valence-electron chi connectivity index (χ2n) is 8.28. The molecule has 9 heteroatoms. The molecule has 1 aromatic heterocycles. The van der Waals surface area contributed by atoms with Crippen LogP contribution in [0.1, 0.15) is 31.0 Å². The van der Waals surface area contributed by atoms with Crippen LogP contribution < -0.4 is 20.3 Å². The molecule has 2 aliphatic rings. The number of benzene rings is 1. The molecule has 2 N–H and O–H groups in total. The Hall–Kier alpha value is -2.97. The van der Waals surface area contributed by atoms with Gasteiger partial charge in [-0.2, -0.15) is 13.2 Å². The normalized spacial score (nSPS) is 23.0. The van der Waals surface area contributed by atoms with Gasteiger partial charge >= 0.3 is 6.18 Å². The number of aromatic nitrogens is 1. The van der Waals surface area contributed by atoms with Crippen molar-refractivity contribution in [1.82, 2.24) is 4.98 Å². The zero-order valence-electron chi connectivity index (χ0n) is 17.6. The fourth-order valence-corrected chi connectivity index (χ4v) is 3.95. The molecule has 6 nitrogen and oxygen atoms in total. The molecule has 1 aromatic carbocycles. The first kappa shape index (κ1) is 21.3. The van der Waals surface area contributed by atoms with Crippen molar-refractivity contribution in [2.75, 3.05) is 29.2 Å². The zero-order chi connectivity index (χ0) is 22.3. The monoisotopic (exact) mass is 434 g/mol. The second kappa shape index (κ2) is 7.94. The Balaban J connectivity index is 1.32. The van der Waals surface area contributed by atoms with Gasteiger partial charge in [0, 0.05) is 19.2 Å². The number of aryl methyl sites for hydroxylation is 1. The Morgan fingerprint density at radius 1 is 1.29 bits per heavy atom. The predicted molar refractivity (Wildman–Crippen MR) is 113 cm³/mol. The molecule has 0 saturated heterocycles. The summed E-state index contributed by atoms with van der Waals surface area (Å²) in [5, 5.41) is 6.33. The van der Waals surface area contributed by atoms with Gasteiger partial charge in [0.1, 0.15) is 17.6 Å². The third-order valence-electron chi connectivity index (χ3n) is 6.00. The van der Waals surface area contributed by atoms with E-state index in [-0.39, 0.29) is 29.7 Å². The first-order valence-corrected chi connectivity index (χ1v) is 10.2. The Morgan fingerprint density at radius 3 is 2.74 bits per heavy atom. The summed E-state index contributed by atoms with van der Waals surface area (Å²) < 4.78 is 44.0. The summed E-state index contributed by atoms with van der Waals surface area (Å²) in [6.45, 7) is 4.09. The first-order chi connectivity index (χ1) is 14.6. The highest BCUT2D eigenvalue weighted by Crippen LogP contribution is 2.37. The molecule has 1 amide bonds. The maximum atomic E-state index is 12.8. The summed E-state index contributed by atoms with van der Waals surface area (Å²) in [7, 11) is 1.88. The van der Waals surface area contributed by atoms with Crippen LogP contribution in [-0.2, 0) is 11.0 Å². The minimum absolute atomic E-state index is 0.0526. The van der Waals surface area contributed by atoms with Crippen molar-refractivity contribution in [3.63, 3.8) is 0 Å².